The molecule has 0 aromatic carbocycles. The van der Waals surface area contributed by atoms with Crippen LogP contribution in [0.2, 0.25) is 0 Å². The maximum Gasteiger partial charge on any atom is 0.0852 e. The van der Waals surface area contributed by atoms with Crippen molar-refractivity contribution in [2.45, 2.75) is 88.4 Å². The Hall–Kier alpha value is -0.160. The van der Waals surface area contributed by atoms with Crippen LogP contribution in [0.5, 0.6) is 0 Å². The summed E-state index contributed by atoms with van der Waals surface area (Å²) >= 11 is 3.91. The fraction of sp³-hybridized carbons (Fsp3) is 0.810. The van der Waals surface area contributed by atoms with E-state index < -0.39 is 11.2 Å². The number of hydrogen-bond donors (Lipinski definition) is 2. The van der Waals surface area contributed by atoms with Gasteiger partial charge in [0.25, 0.3) is 0 Å². The van der Waals surface area contributed by atoms with Gasteiger partial charge in [-0.05, 0) is 70.6 Å². The molecule has 1 aliphatic carbocycles. The number of aliphatic hydroxyl groups is 2. The predicted molar refractivity (Wildman–Crippen MR) is 109 cm³/mol. The van der Waals surface area contributed by atoms with E-state index in [-0.39, 0.29) is 11.5 Å². The number of allylic oxidation sites excluding steroid dienone is 1. The molecule has 25 heavy (non-hydrogen) atoms. The highest BCUT2D eigenvalue weighted by Gasteiger charge is 2.45. The molecule has 0 bridgehead atoms. The Morgan fingerprint density at radius 2 is 2.00 bits per heavy atom. The van der Waals surface area contributed by atoms with Gasteiger partial charge in [-0.25, -0.2) is 0 Å². The van der Waals surface area contributed by atoms with Crippen LogP contribution in [0.1, 0.15) is 66.2 Å². The van der Waals surface area contributed by atoms with Crippen molar-refractivity contribution >= 4 is 15.9 Å². The third-order valence-corrected chi connectivity index (χ3v) is 7.62. The number of alkyl halides is 1. The van der Waals surface area contributed by atoms with E-state index in [4.69, 9.17) is 4.74 Å². The second-order valence-electron chi connectivity index (χ2n) is 8.74. The second-order valence-corrected chi connectivity index (χ2v) is 9.84. The molecule has 3 nitrogen and oxygen atoms in total. The molecule has 0 aliphatic heterocycles. The number of methoxy groups -OCH3 is 1. The Morgan fingerprint density at radius 3 is 2.48 bits per heavy atom. The van der Waals surface area contributed by atoms with E-state index in [1.54, 1.807) is 27.0 Å². The lowest BCUT2D eigenvalue weighted by Gasteiger charge is -2.48. The number of ether oxygens (including phenoxy) is 1. The van der Waals surface area contributed by atoms with Crippen molar-refractivity contribution in [1.82, 2.24) is 0 Å². The van der Waals surface area contributed by atoms with Crippen molar-refractivity contribution in [2.75, 3.05) is 7.11 Å². The van der Waals surface area contributed by atoms with Crippen LogP contribution in [0.3, 0.4) is 0 Å². The van der Waals surface area contributed by atoms with Gasteiger partial charge in [0.05, 0.1) is 17.3 Å². The van der Waals surface area contributed by atoms with Crippen LogP contribution in [0, 0.1) is 11.3 Å². The van der Waals surface area contributed by atoms with Gasteiger partial charge in [0, 0.05) is 11.9 Å². The SMILES string of the molecule is C=CC(C)(O)CC[C@@H]1C(=C)CC[C@H](Br)[C@@]1(C)CCC(OC)C(C)(C)O. The highest BCUT2D eigenvalue weighted by molar-refractivity contribution is 9.09. The first-order valence-corrected chi connectivity index (χ1v) is 10.2. The molecule has 0 saturated heterocycles. The zero-order chi connectivity index (χ0) is 19.5. The van der Waals surface area contributed by atoms with Gasteiger partial charge in [-0.3, -0.25) is 0 Å². The van der Waals surface area contributed by atoms with Crippen LogP contribution in [0.15, 0.2) is 24.8 Å². The Kier molecular flexibility index (Phi) is 7.95. The summed E-state index contributed by atoms with van der Waals surface area (Å²) in [5.41, 5.74) is -0.409. The van der Waals surface area contributed by atoms with E-state index in [0.717, 1.165) is 32.1 Å². The summed E-state index contributed by atoms with van der Waals surface area (Å²) in [7, 11) is 1.66. The van der Waals surface area contributed by atoms with Crippen molar-refractivity contribution in [3.8, 4) is 0 Å². The zero-order valence-corrected chi connectivity index (χ0v) is 18.2. The minimum Gasteiger partial charge on any atom is -0.388 e. The monoisotopic (exact) mass is 416 g/mol. The standard InChI is InChI=1S/C21H37BrO3/c1-8-20(5,24)13-11-16-15(2)9-10-17(22)21(16,6)14-12-18(25-7)19(3,4)23/h8,16-18,23-24H,1-2,9-14H2,3-7H3/t16-,17+,18?,20?,21+/m1/s1. The van der Waals surface area contributed by atoms with Gasteiger partial charge in [0.1, 0.15) is 0 Å². The fourth-order valence-electron chi connectivity index (χ4n) is 4.11. The van der Waals surface area contributed by atoms with E-state index in [1.165, 1.54) is 5.57 Å². The van der Waals surface area contributed by atoms with E-state index in [2.05, 4.69) is 36.0 Å². The molecule has 1 fully saturated rings. The minimum absolute atomic E-state index is 0.0224. The first-order chi connectivity index (χ1) is 11.4. The third kappa shape index (κ3) is 5.92. The molecule has 0 aromatic heterocycles. The normalized spacial score (nSPS) is 31.4. The first kappa shape index (κ1) is 22.9. The summed E-state index contributed by atoms with van der Waals surface area (Å²) in [6.07, 6.45) is 6.81. The van der Waals surface area contributed by atoms with Gasteiger partial charge in [-0.1, -0.05) is 41.1 Å². The number of halogens is 1. The maximum atomic E-state index is 10.3. The van der Waals surface area contributed by atoms with Crippen molar-refractivity contribution in [3.05, 3.63) is 24.8 Å². The lowest BCUT2D eigenvalue weighted by Crippen LogP contribution is -2.44. The van der Waals surface area contributed by atoms with E-state index in [0.29, 0.717) is 17.2 Å². The highest BCUT2D eigenvalue weighted by atomic mass is 79.9. The molecule has 146 valence electrons. The van der Waals surface area contributed by atoms with Gasteiger partial charge in [0.15, 0.2) is 0 Å². The topological polar surface area (TPSA) is 49.7 Å². The van der Waals surface area contributed by atoms with Gasteiger partial charge in [-0.15, -0.1) is 6.58 Å². The highest BCUT2D eigenvalue weighted by Crippen LogP contribution is 2.52. The van der Waals surface area contributed by atoms with E-state index in [1.807, 2.05) is 6.92 Å². The molecule has 0 amide bonds. The molecule has 1 saturated carbocycles. The lowest BCUT2D eigenvalue weighted by molar-refractivity contribution is -0.0795. The van der Waals surface area contributed by atoms with Crippen LogP contribution in [-0.2, 0) is 4.74 Å². The molecular weight excluding hydrogens is 380 g/mol. The molecule has 1 rings (SSSR count). The summed E-state index contributed by atoms with van der Waals surface area (Å²) in [6.45, 7) is 15.8. The zero-order valence-electron chi connectivity index (χ0n) is 16.6. The Balaban J connectivity index is 2.94. The molecule has 5 atom stereocenters. The van der Waals surface area contributed by atoms with Crippen LogP contribution in [0.25, 0.3) is 0 Å². The third-order valence-electron chi connectivity index (χ3n) is 6.12. The van der Waals surface area contributed by atoms with E-state index >= 15 is 0 Å². The summed E-state index contributed by atoms with van der Waals surface area (Å²) in [5.74, 6) is 0.330. The molecule has 2 unspecified atom stereocenters. The lowest BCUT2D eigenvalue weighted by atomic mass is 9.61. The summed E-state index contributed by atoms with van der Waals surface area (Å²) in [5, 5.41) is 20.6. The second kappa shape index (κ2) is 8.69. The molecular formula is C21H37BrO3. The summed E-state index contributed by atoms with van der Waals surface area (Å²) in [4.78, 5) is 0.392. The minimum atomic E-state index is -0.861. The van der Waals surface area contributed by atoms with Crippen molar-refractivity contribution < 1.29 is 14.9 Å². The Labute approximate surface area is 162 Å². The summed E-state index contributed by atoms with van der Waals surface area (Å²) in [6, 6.07) is 0. The first-order valence-electron chi connectivity index (χ1n) is 9.30. The average molecular weight is 417 g/mol. The fourth-order valence-corrected chi connectivity index (χ4v) is 4.88. The molecule has 0 aromatic rings. The molecule has 0 radical (unpaired) electrons. The van der Waals surface area contributed by atoms with Crippen LogP contribution >= 0.6 is 15.9 Å². The number of hydrogen-bond acceptors (Lipinski definition) is 3. The van der Waals surface area contributed by atoms with Crippen LogP contribution in [0.4, 0.5) is 0 Å². The van der Waals surface area contributed by atoms with Crippen LogP contribution < -0.4 is 0 Å². The van der Waals surface area contributed by atoms with E-state index in [9.17, 15) is 10.2 Å². The summed E-state index contributed by atoms with van der Waals surface area (Å²) < 4.78 is 5.54. The molecule has 1 aliphatic rings. The Morgan fingerprint density at radius 1 is 1.40 bits per heavy atom. The largest absolute Gasteiger partial charge is 0.388 e. The molecule has 4 heteroatoms. The van der Waals surface area contributed by atoms with Crippen molar-refractivity contribution in [1.29, 1.82) is 0 Å². The van der Waals surface area contributed by atoms with Gasteiger partial charge >= 0.3 is 0 Å². The molecule has 0 spiro atoms. The van der Waals surface area contributed by atoms with Gasteiger partial charge in [-0.2, -0.15) is 0 Å². The van der Waals surface area contributed by atoms with Gasteiger partial charge < -0.3 is 14.9 Å². The molecule has 0 heterocycles. The van der Waals surface area contributed by atoms with Crippen molar-refractivity contribution in [3.63, 3.8) is 0 Å². The Bertz CT molecular complexity index is 466. The predicted octanol–water partition coefficient (Wildman–Crippen LogP) is 5.01. The molecule has 2 N–H and O–H groups in total. The van der Waals surface area contributed by atoms with Crippen LogP contribution in [-0.4, -0.2) is 39.5 Å². The van der Waals surface area contributed by atoms with Crippen molar-refractivity contribution in [2.24, 2.45) is 11.3 Å². The number of rotatable bonds is 9. The average Bonchev–Trinajstić information content (AvgIpc) is 2.50. The quantitative estimate of drug-likeness (QED) is 0.410. The maximum absolute atomic E-state index is 10.3. The van der Waals surface area contributed by atoms with Gasteiger partial charge in [0.2, 0.25) is 0 Å². The smallest absolute Gasteiger partial charge is 0.0852 e.